The third-order valence-corrected chi connectivity index (χ3v) is 16.7. The number of benzene rings is 9. The maximum absolute atomic E-state index is 5.54. The van der Waals surface area contributed by atoms with Crippen LogP contribution >= 0.6 is 0 Å². The van der Waals surface area contributed by atoms with E-state index in [-0.39, 0.29) is 0 Å². The summed E-state index contributed by atoms with van der Waals surface area (Å²) in [6, 6.07) is 81.2. The van der Waals surface area contributed by atoms with Gasteiger partial charge in [0.05, 0.1) is 22.4 Å². The van der Waals surface area contributed by atoms with E-state index in [1.54, 1.807) is 0 Å². The number of fused-ring (bicyclic) bond motifs is 6. The molecule has 64 heavy (non-hydrogen) atoms. The molecule has 0 fully saturated rings. The number of hydrogen-bond acceptors (Lipinski definition) is 2. The molecule has 1 aliphatic heterocycles. The van der Waals surface area contributed by atoms with Gasteiger partial charge < -0.3 is 4.57 Å². The molecule has 302 valence electrons. The second-order valence-corrected chi connectivity index (χ2v) is 21.7. The van der Waals surface area contributed by atoms with E-state index in [0.717, 1.165) is 50.7 Å². The van der Waals surface area contributed by atoms with Crippen molar-refractivity contribution in [3.8, 4) is 84.1 Å². The SMILES string of the molecule is C[Si]1(C)c2ccccc2-c2nc(-c3cccc(-c4ccccc4)c3)nc(-c3cccc(-c4cccc(-c5cccc6c5c5cc(-c7ccccc7)ccc5n6-c5ccccc5)c4)c3)c21. The van der Waals surface area contributed by atoms with Crippen LogP contribution in [0.4, 0.5) is 0 Å². The molecular weight excluding hydrogens is 791 g/mol. The second-order valence-electron chi connectivity index (χ2n) is 17.4. The summed E-state index contributed by atoms with van der Waals surface area (Å²) in [4.78, 5) is 11.0. The summed E-state index contributed by atoms with van der Waals surface area (Å²) >= 11 is 0. The smallest absolute Gasteiger partial charge is 0.160 e. The summed E-state index contributed by atoms with van der Waals surface area (Å²) in [5.41, 5.74) is 18.4. The lowest BCUT2D eigenvalue weighted by Crippen LogP contribution is -2.50. The van der Waals surface area contributed by atoms with Crippen molar-refractivity contribution in [3.63, 3.8) is 0 Å². The fourth-order valence-corrected chi connectivity index (χ4v) is 13.3. The summed E-state index contributed by atoms with van der Waals surface area (Å²) in [6.07, 6.45) is 0. The molecule has 12 rings (SSSR count). The molecule has 4 heteroatoms. The van der Waals surface area contributed by atoms with E-state index in [0.29, 0.717) is 0 Å². The van der Waals surface area contributed by atoms with Crippen LogP contribution in [0.15, 0.2) is 224 Å². The summed E-state index contributed by atoms with van der Waals surface area (Å²) in [7, 11) is -2.17. The highest BCUT2D eigenvalue weighted by atomic mass is 28.3. The minimum atomic E-state index is -2.17. The quantitative estimate of drug-likeness (QED) is 0.150. The second kappa shape index (κ2) is 15.2. The van der Waals surface area contributed by atoms with Crippen LogP contribution in [-0.4, -0.2) is 22.6 Å². The first-order chi connectivity index (χ1) is 31.5. The van der Waals surface area contributed by atoms with Gasteiger partial charge in [0.25, 0.3) is 0 Å². The van der Waals surface area contributed by atoms with E-state index in [1.165, 1.54) is 65.6 Å². The van der Waals surface area contributed by atoms with Gasteiger partial charge in [-0.1, -0.05) is 189 Å². The molecule has 0 aliphatic carbocycles. The zero-order valence-electron chi connectivity index (χ0n) is 35.7. The molecule has 1 aliphatic rings. The Hall–Kier alpha value is -7.92. The topological polar surface area (TPSA) is 30.7 Å². The Balaban J connectivity index is 1.01. The van der Waals surface area contributed by atoms with Gasteiger partial charge in [0.15, 0.2) is 5.82 Å². The Labute approximate surface area is 374 Å². The lowest BCUT2D eigenvalue weighted by Gasteiger charge is -2.22. The van der Waals surface area contributed by atoms with Crippen LogP contribution in [0.3, 0.4) is 0 Å². The number of aromatic nitrogens is 3. The van der Waals surface area contributed by atoms with Gasteiger partial charge >= 0.3 is 0 Å². The molecule has 0 radical (unpaired) electrons. The molecular formula is C60H43N3Si. The molecule has 0 unspecified atom stereocenters. The Morgan fingerprint density at radius 2 is 0.859 bits per heavy atom. The van der Waals surface area contributed by atoms with Crippen LogP contribution < -0.4 is 10.4 Å². The third-order valence-electron chi connectivity index (χ3n) is 13.2. The third kappa shape index (κ3) is 6.25. The maximum Gasteiger partial charge on any atom is 0.160 e. The summed E-state index contributed by atoms with van der Waals surface area (Å²) in [6.45, 7) is 4.90. The first kappa shape index (κ1) is 37.8. The molecule has 0 saturated heterocycles. The van der Waals surface area contributed by atoms with Crippen LogP contribution in [0.25, 0.3) is 106 Å². The fraction of sp³-hybridized carbons (Fsp3) is 0.0333. The van der Waals surface area contributed by atoms with E-state index in [4.69, 9.17) is 9.97 Å². The molecule has 3 heterocycles. The zero-order chi connectivity index (χ0) is 42.8. The molecule has 0 amide bonds. The zero-order valence-corrected chi connectivity index (χ0v) is 36.7. The normalized spacial score (nSPS) is 12.7. The van der Waals surface area contributed by atoms with Gasteiger partial charge in [0.2, 0.25) is 0 Å². The highest BCUT2D eigenvalue weighted by Crippen LogP contribution is 2.42. The van der Waals surface area contributed by atoms with Gasteiger partial charge in [0.1, 0.15) is 8.07 Å². The Morgan fingerprint density at radius 3 is 1.58 bits per heavy atom. The number of para-hydroxylation sites is 1. The molecule has 9 aromatic carbocycles. The molecule has 2 aromatic heterocycles. The minimum Gasteiger partial charge on any atom is -0.309 e. The molecule has 11 aromatic rings. The Kier molecular flexibility index (Phi) is 8.96. The van der Waals surface area contributed by atoms with Gasteiger partial charge in [-0.15, -0.1) is 0 Å². The summed E-state index contributed by atoms with van der Waals surface area (Å²) in [5.74, 6) is 0.749. The van der Waals surface area contributed by atoms with Gasteiger partial charge in [-0.05, 0) is 109 Å². The predicted molar refractivity (Wildman–Crippen MR) is 271 cm³/mol. The van der Waals surface area contributed by atoms with Crippen molar-refractivity contribution in [1.82, 2.24) is 14.5 Å². The van der Waals surface area contributed by atoms with Crippen molar-refractivity contribution < 1.29 is 0 Å². The van der Waals surface area contributed by atoms with Crippen molar-refractivity contribution >= 4 is 40.3 Å². The van der Waals surface area contributed by atoms with Crippen molar-refractivity contribution in [2.75, 3.05) is 0 Å². The Bertz CT molecular complexity index is 3570. The lowest BCUT2D eigenvalue weighted by molar-refractivity contribution is 1.18. The summed E-state index contributed by atoms with van der Waals surface area (Å²) in [5, 5.41) is 5.20. The van der Waals surface area contributed by atoms with Crippen molar-refractivity contribution in [1.29, 1.82) is 0 Å². The highest BCUT2D eigenvalue weighted by molar-refractivity contribution is 7.04. The van der Waals surface area contributed by atoms with Gasteiger partial charge in [-0.25, -0.2) is 9.97 Å². The van der Waals surface area contributed by atoms with Crippen LogP contribution in [0.1, 0.15) is 0 Å². The monoisotopic (exact) mass is 833 g/mol. The highest BCUT2D eigenvalue weighted by Gasteiger charge is 2.41. The molecule has 3 nitrogen and oxygen atoms in total. The molecule has 0 bridgehead atoms. The fourth-order valence-electron chi connectivity index (χ4n) is 10.1. The first-order valence-corrected chi connectivity index (χ1v) is 25.1. The maximum atomic E-state index is 5.54. The Morgan fingerprint density at radius 1 is 0.359 bits per heavy atom. The van der Waals surface area contributed by atoms with Crippen molar-refractivity contribution in [2.24, 2.45) is 0 Å². The largest absolute Gasteiger partial charge is 0.309 e. The standard InChI is InChI=1S/C60H43N3Si/c1-64(2)55-33-13-12-30-51(55)58-59(64)57(61-60(62-58)48-27-16-22-42(38-48)40-18-6-3-7-19-40)47-26-15-24-44(37-47)43-23-14-25-46(36-43)50-31-17-32-54-56(50)52-39-45(41-20-8-4-9-21-41)34-35-53(52)63(54)49-28-10-5-11-29-49/h3-39H,1-2H3. The number of rotatable bonds is 7. The average molecular weight is 834 g/mol. The van der Waals surface area contributed by atoms with Crippen LogP contribution in [0.2, 0.25) is 13.1 Å². The van der Waals surface area contributed by atoms with Gasteiger partial charge in [0, 0.05) is 27.6 Å². The van der Waals surface area contributed by atoms with Crippen LogP contribution in [0, 0.1) is 0 Å². The molecule has 0 N–H and O–H groups in total. The minimum absolute atomic E-state index is 0.749. The van der Waals surface area contributed by atoms with E-state index in [9.17, 15) is 0 Å². The van der Waals surface area contributed by atoms with E-state index < -0.39 is 8.07 Å². The van der Waals surface area contributed by atoms with Crippen molar-refractivity contribution in [2.45, 2.75) is 13.1 Å². The van der Waals surface area contributed by atoms with Crippen LogP contribution in [-0.2, 0) is 0 Å². The number of hydrogen-bond donors (Lipinski definition) is 0. The van der Waals surface area contributed by atoms with E-state index in [1.807, 2.05) is 0 Å². The summed E-state index contributed by atoms with van der Waals surface area (Å²) < 4.78 is 2.41. The first-order valence-electron chi connectivity index (χ1n) is 22.1. The molecule has 0 spiro atoms. The van der Waals surface area contributed by atoms with Gasteiger partial charge in [-0.2, -0.15) is 0 Å². The number of nitrogens with zero attached hydrogens (tertiary/aromatic N) is 3. The predicted octanol–water partition coefficient (Wildman–Crippen LogP) is 14.4. The van der Waals surface area contributed by atoms with Gasteiger partial charge in [-0.3, -0.25) is 0 Å². The average Bonchev–Trinajstić information content (AvgIpc) is 3.82. The lowest BCUT2D eigenvalue weighted by atomic mass is 9.94. The molecule has 0 saturated carbocycles. The van der Waals surface area contributed by atoms with E-state index >= 15 is 0 Å². The molecule has 0 atom stereocenters. The van der Waals surface area contributed by atoms with E-state index in [2.05, 4.69) is 242 Å². The van der Waals surface area contributed by atoms with Crippen LogP contribution in [0.5, 0.6) is 0 Å². The van der Waals surface area contributed by atoms with Crippen molar-refractivity contribution in [3.05, 3.63) is 224 Å².